The molecule has 0 aromatic carbocycles. The van der Waals surface area contributed by atoms with Crippen molar-refractivity contribution in [3.63, 3.8) is 0 Å². The SMILES string of the molecule is CC(C)C(=O)N[C@H]1CC[C@@H](O)C1. The Labute approximate surface area is 73.2 Å². The average molecular weight is 171 g/mol. The predicted molar refractivity (Wildman–Crippen MR) is 46.6 cm³/mol. The first-order valence-electron chi connectivity index (χ1n) is 4.58. The fourth-order valence-electron chi connectivity index (χ4n) is 1.46. The van der Waals surface area contributed by atoms with Gasteiger partial charge in [-0.05, 0) is 19.3 Å². The van der Waals surface area contributed by atoms with Gasteiger partial charge < -0.3 is 10.4 Å². The van der Waals surface area contributed by atoms with Crippen molar-refractivity contribution < 1.29 is 9.90 Å². The molecule has 2 atom stereocenters. The fraction of sp³-hybridized carbons (Fsp3) is 0.889. The molecule has 1 amide bonds. The number of aliphatic hydroxyl groups is 1. The van der Waals surface area contributed by atoms with Crippen molar-refractivity contribution >= 4 is 5.91 Å². The Morgan fingerprint density at radius 1 is 1.50 bits per heavy atom. The van der Waals surface area contributed by atoms with Gasteiger partial charge in [-0.2, -0.15) is 0 Å². The van der Waals surface area contributed by atoms with E-state index >= 15 is 0 Å². The lowest BCUT2D eigenvalue weighted by atomic mass is 10.1. The van der Waals surface area contributed by atoms with Crippen molar-refractivity contribution in [2.75, 3.05) is 0 Å². The molecule has 0 aliphatic heterocycles. The molecule has 0 aromatic heterocycles. The van der Waals surface area contributed by atoms with Gasteiger partial charge in [-0.1, -0.05) is 13.8 Å². The highest BCUT2D eigenvalue weighted by Crippen LogP contribution is 2.18. The fourth-order valence-corrected chi connectivity index (χ4v) is 1.46. The molecule has 0 saturated heterocycles. The minimum atomic E-state index is -0.206. The second kappa shape index (κ2) is 3.90. The van der Waals surface area contributed by atoms with Crippen LogP contribution in [0.5, 0.6) is 0 Å². The molecule has 1 aliphatic rings. The summed E-state index contributed by atoms with van der Waals surface area (Å²) in [7, 11) is 0. The molecule has 1 rings (SSSR count). The molecular formula is C9H17NO2. The molecule has 70 valence electrons. The normalized spacial score (nSPS) is 29.3. The predicted octanol–water partition coefficient (Wildman–Crippen LogP) is 0.672. The van der Waals surface area contributed by atoms with Crippen molar-refractivity contribution in [2.45, 2.75) is 45.3 Å². The number of hydrogen-bond acceptors (Lipinski definition) is 2. The van der Waals surface area contributed by atoms with E-state index in [4.69, 9.17) is 0 Å². The number of aliphatic hydroxyl groups excluding tert-OH is 1. The molecule has 12 heavy (non-hydrogen) atoms. The summed E-state index contributed by atoms with van der Waals surface area (Å²) in [6.07, 6.45) is 2.25. The van der Waals surface area contributed by atoms with Gasteiger partial charge in [-0.15, -0.1) is 0 Å². The summed E-state index contributed by atoms with van der Waals surface area (Å²) in [6.45, 7) is 3.75. The van der Waals surface area contributed by atoms with E-state index in [2.05, 4.69) is 5.32 Å². The van der Waals surface area contributed by atoms with Crippen LogP contribution in [0.3, 0.4) is 0 Å². The number of rotatable bonds is 2. The maximum atomic E-state index is 11.2. The molecule has 0 heterocycles. The minimum Gasteiger partial charge on any atom is -0.393 e. The molecule has 0 spiro atoms. The van der Waals surface area contributed by atoms with Crippen LogP contribution >= 0.6 is 0 Å². The van der Waals surface area contributed by atoms with Crippen LogP contribution in [0.1, 0.15) is 33.1 Å². The monoisotopic (exact) mass is 171 g/mol. The Morgan fingerprint density at radius 2 is 2.17 bits per heavy atom. The lowest BCUT2D eigenvalue weighted by Gasteiger charge is -2.13. The smallest absolute Gasteiger partial charge is 0.222 e. The van der Waals surface area contributed by atoms with Crippen molar-refractivity contribution in [3.8, 4) is 0 Å². The summed E-state index contributed by atoms with van der Waals surface area (Å²) in [5.41, 5.74) is 0. The Kier molecular flexibility index (Phi) is 3.09. The van der Waals surface area contributed by atoms with Gasteiger partial charge in [-0.25, -0.2) is 0 Å². The number of nitrogens with one attached hydrogen (secondary N) is 1. The van der Waals surface area contributed by atoms with Crippen LogP contribution in [0.4, 0.5) is 0 Å². The second-order valence-corrected chi connectivity index (χ2v) is 3.83. The van der Waals surface area contributed by atoms with E-state index in [0.29, 0.717) is 0 Å². The van der Waals surface area contributed by atoms with Gasteiger partial charge in [0.2, 0.25) is 5.91 Å². The molecule has 1 saturated carbocycles. The van der Waals surface area contributed by atoms with Gasteiger partial charge in [0.15, 0.2) is 0 Å². The maximum Gasteiger partial charge on any atom is 0.222 e. The maximum absolute atomic E-state index is 11.2. The molecule has 2 N–H and O–H groups in total. The van der Waals surface area contributed by atoms with Crippen molar-refractivity contribution in [1.29, 1.82) is 0 Å². The number of amides is 1. The van der Waals surface area contributed by atoms with E-state index in [1.807, 2.05) is 13.8 Å². The lowest BCUT2D eigenvalue weighted by molar-refractivity contribution is -0.124. The van der Waals surface area contributed by atoms with Crippen LogP contribution in [-0.4, -0.2) is 23.2 Å². The zero-order valence-electron chi connectivity index (χ0n) is 7.71. The van der Waals surface area contributed by atoms with Crippen LogP contribution in [-0.2, 0) is 4.79 Å². The molecular weight excluding hydrogens is 154 g/mol. The van der Waals surface area contributed by atoms with Crippen LogP contribution in [0.25, 0.3) is 0 Å². The van der Waals surface area contributed by atoms with Crippen LogP contribution < -0.4 is 5.32 Å². The van der Waals surface area contributed by atoms with Gasteiger partial charge in [0, 0.05) is 12.0 Å². The summed E-state index contributed by atoms with van der Waals surface area (Å²) < 4.78 is 0. The Balaban J connectivity index is 2.28. The molecule has 1 aliphatic carbocycles. The first-order valence-corrected chi connectivity index (χ1v) is 4.58. The topological polar surface area (TPSA) is 49.3 Å². The van der Waals surface area contributed by atoms with Crippen molar-refractivity contribution in [2.24, 2.45) is 5.92 Å². The van der Waals surface area contributed by atoms with Crippen molar-refractivity contribution in [3.05, 3.63) is 0 Å². The summed E-state index contributed by atoms with van der Waals surface area (Å²) in [5.74, 6) is 0.136. The Hall–Kier alpha value is -0.570. The van der Waals surface area contributed by atoms with E-state index in [1.54, 1.807) is 0 Å². The first-order chi connectivity index (χ1) is 5.59. The summed E-state index contributed by atoms with van der Waals surface area (Å²) in [6, 6.07) is 0.204. The molecule has 0 bridgehead atoms. The number of carbonyl (C=O) groups is 1. The number of hydrogen-bond donors (Lipinski definition) is 2. The number of carbonyl (C=O) groups excluding carboxylic acids is 1. The standard InChI is InChI=1S/C9H17NO2/c1-6(2)9(12)10-7-3-4-8(11)5-7/h6-8,11H,3-5H2,1-2H3,(H,10,12)/t7-,8+/m0/s1. The average Bonchev–Trinajstić information content (AvgIpc) is 2.35. The van der Waals surface area contributed by atoms with Gasteiger partial charge in [0.1, 0.15) is 0 Å². The van der Waals surface area contributed by atoms with E-state index < -0.39 is 0 Å². The Morgan fingerprint density at radius 3 is 2.58 bits per heavy atom. The first kappa shape index (κ1) is 9.52. The molecule has 0 aromatic rings. The van der Waals surface area contributed by atoms with E-state index in [1.165, 1.54) is 0 Å². The van der Waals surface area contributed by atoms with Gasteiger partial charge in [0.25, 0.3) is 0 Å². The molecule has 1 fully saturated rings. The van der Waals surface area contributed by atoms with Crippen LogP contribution in [0.15, 0.2) is 0 Å². The third kappa shape index (κ3) is 2.48. The largest absolute Gasteiger partial charge is 0.393 e. The Bertz CT molecular complexity index is 168. The molecule has 3 nitrogen and oxygen atoms in total. The summed E-state index contributed by atoms with van der Waals surface area (Å²) in [5, 5.41) is 12.1. The molecule has 3 heteroatoms. The summed E-state index contributed by atoms with van der Waals surface area (Å²) in [4.78, 5) is 11.2. The summed E-state index contributed by atoms with van der Waals surface area (Å²) >= 11 is 0. The van der Waals surface area contributed by atoms with Gasteiger partial charge in [0.05, 0.1) is 6.10 Å². The van der Waals surface area contributed by atoms with Crippen molar-refractivity contribution in [1.82, 2.24) is 5.32 Å². The van der Waals surface area contributed by atoms with E-state index in [0.717, 1.165) is 19.3 Å². The zero-order valence-corrected chi connectivity index (χ0v) is 7.71. The zero-order chi connectivity index (χ0) is 9.14. The molecule has 0 radical (unpaired) electrons. The second-order valence-electron chi connectivity index (χ2n) is 3.83. The highest BCUT2D eigenvalue weighted by molar-refractivity contribution is 5.78. The van der Waals surface area contributed by atoms with E-state index in [9.17, 15) is 9.90 Å². The quantitative estimate of drug-likeness (QED) is 0.641. The van der Waals surface area contributed by atoms with Crippen LogP contribution in [0, 0.1) is 5.92 Å². The third-order valence-electron chi connectivity index (χ3n) is 2.28. The molecule has 0 unspecified atom stereocenters. The lowest BCUT2D eigenvalue weighted by Crippen LogP contribution is -2.36. The highest BCUT2D eigenvalue weighted by Gasteiger charge is 2.24. The third-order valence-corrected chi connectivity index (χ3v) is 2.28. The van der Waals surface area contributed by atoms with Gasteiger partial charge in [-0.3, -0.25) is 4.79 Å². The van der Waals surface area contributed by atoms with E-state index in [-0.39, 0.29) is 24.0 Å². The van der Waals surface area contributed by atoms with Gasteiger partial charge >= 0.3 is 0 Å². The minimum absolute atomic E-state index is 0.0442. The highest BCUT2D eigenvalue weighted by atomic mass is 16.3. The van der Waals surface area contributed by atoms with Crippen LogP contribution in [0.2, 0.25) is 0 Å².